The maximum Gasteiger partial charge on any atom is 0.223 e. The topological polar surface area (TPSA) is 37.8 Å². The van der Waals surface area contributed by atoms with Crippen molar-refractivity contribution in [3.8, 4) is 11.3 Å². The van der Waals surface area contributed by atoms with Gasteiger partial charge in [0.15, 0.2) is 0 Å². The van der Waals surface area contributed by atoms with Gasteiger partial charge in [0.2, 0.25) is 5.95 Å². The molecular weight excluding hydrogens is 278 g/mol. The van der Waals surface area contributed by atoms with Gasteiger partial charge in [-0.05, 0) is 25.0 Å². The van der Waals surface area contributed by atoms with Gasteiger partial charge in [-0.3, -0.25) is 0 Å². The Hall–Kier alpha value is -1.42. The third kappa shape index (κ3) is 2.47. The summed E-state index contributed by atoms with van der Waals surface area (Å²) in [5.41, 5.74) is 2.03. The van der Waals surface area contributed by atoms with Crippen LogP contribution in [0.25, 0.3) is 11.3 Å². The number of anilines is 1. The van der Waals surface area contributed by atoms with Crippen LogP contribution in [-0.2, 0) is 0 Å². The molecule has 0 aliphatic heterocycles. The molecule has 1 aromatic carbocycles. The fourth-order valence-corrected chi connectivity index (χ4v) is 2.15. The first-order valence-corrected chi connectivity index (χ1v) is 6.47. The van der Waals surface area contributed by atoms with E-state index < -0.39 is 0 Å². The van der Waals surface area contributed by atoms with Gasteiger partial charge in [-0.2, -0.15) is 0 Å². The second kappa shape index (κ2) is 4.45. The smallest absolute Gasteiger partial charge is 0.223 e. The molecule has 4 heteroatoms. The molecule has 86 valence electrons. The number of rotatable bonds is 3. The molecule has 1 aliphatic rings. The molecular formula is C13H12BrN3. The minimum absolute atomic E-state index is 0.574. The summed E-state index contributed by atoms with van der Waals surface area (Å²) in [4.78, 5) is 8.77. The molecule has 0 atom stereocenters. The predicted octanol–water partition coefficient (Wildman–Crippen LogP) is 3.48. The summed E-state index contributed by atoms with van der Waals surface area (Å²) in [5, 5.41) is 3.31. The van der Waals surface area contributed by atoms with Gasteiger partial charge in [0, 0.05) is 22.3 Å². The van der Waals surface area contributed by atoms with Crippen molar-refractivity contribution < 1.29 is 0 Å². The lowest BCUT2D eigenvalue weighted by molar-refractivity contribution is 1.06. The third-order valence-electron chi connectivity index (χ3n) is 2.72. The molecule has 2 aromatic rings. The van der Waals surface area contributed by atoms with Crippen LogP contribution in [0.2, 0.25) is 0 Å². The Morgan fingerprint density at radius 2 is 2.00 bits per heavy atom. The maximum absolute atomic E-state index is 4.53. The van der Waals surface area contributed by atoms with Crippen LogP contribution in [0.15, 0.2) is 41.0 Å². The van der Waals surface area contributed by atoms with Crippen LogP contribution < -0.4 is 5.32 Å². The van der Waals surface area contributed by atoms with Crippen LogP contribution in [0, 0.1) is 0 Å². The van der Waals surface area contributed by atoms with Gasteiger partial charge in [0.05, 0.1) is 5.69 Å². The van der Waals surface area contributed by atoms with Gasteiger partial charge < -0.3 is 5.32 Å². The van der Waals surface area contributed by atoms with E-state index in [2.05, 4.69) is 31.2 Å². The van der Waals surface area contributed by atoms with Crippen molar-refractivity contribution in [2.75, 3.05) is 5.32 Å². The highest BCUT2D eigenvalue weighted by molar-refractivity contribution is 9.10. The zero-order valence-corrected chi connectivity index (χ0v) is 10.8. The number of nitrogens with one attached hydrogen (secondary N) is 1. The molecule has 3 nitrogen and oxygen atoms in total. The fraction of sp³-hybridized carbons (Fsp3) is 0.231. The monoisotopic (exact) mass is 289 g/mol. The summed E-state index contributed by atoms with van der Waals surface area (Å²) in [6, 6.07) is 10.6. The van der Waals surface area contributed by atoms with Crippen molar-refractivity contribution in [3.63, 3.8) is 0 Å². The van der Waals surface area contributed by atoms with Crippen LogP contribution in [0.1, 0.15) is 12.8 Å². The van der Waals surface area contributed by atoms with Crippen molar-refractivity contribution >= 4 is 21.9 Å². The molecule has 0 unspecified atom stereocenters. The third-order valence-corrected chi connectivity index (χ3v) is 3.41. The largest absolute Gasteiger partial charge is 0.351 e. The summed E-state index contributed by atoms with van der Waals surface area (Å²) in [7, 11) is 0. The van der Waals surface area contributed by atoms with Gasteiger partial charge >= 0.3 is 0 Å². The lowest BCUT2D eigenvalue weighted by Gasteiger charge is -2.06. The van der Waals surface area contributed by atoms with Crippen molar-refractivity contribution in [2.24, 2.45) is 0 Å². The van der Waals surface area contributed by atoms with E-state index in [1.807, 2.05) is 30.3 Å². The Balaban J connectivity index is 1.94. The Morgan fingerprint density at radius 1 is 1.18 bits per heavy atom. The minimum Gasteiger partial charge on any atom is -0.351 e. The van der Waals surface area contributed by atoms with Gasteiger partial charge in [0.1, 0.15) is 0 Å². The number of aromatic nitrogens is 2. The first-order valence-electron chi connectivity index (χ1n) is 5.67. The molecule has 1 aromatic heterocycles. The number of benzene rings is 1. The number of hydrogen-bond donors (Lipinski definition) is 1. The molecule has 1 heterocycles. The van der Waals surface area contributed by atoms with Crippen LogP contribution >= 0.6 is 15.9 Å². The summed E-state index contributed by atoms with van der Waals surface area (Å²) in [5.74, 6) is 0.723. The standard InChI is InChI=1S/C13H12BrN3/c14-11-4-2-1-3-10(11)12-7-8-15-13(17-12)16-9-5-6-9/h1-4,7-9H,5-6H2,(H,15,16,17). The van der Waals surface area contributed by atoms with Crippen LogP contribution in [-0.4, -0.2) is 16.0 Å². The van der Waals surface area contributed by atoms with E-state index in [1.165, 1.54) is 12.8 Å². The normalized spacial score (nSPS) is 14.6. The van der Waals surface area contributed by atoms with Gasteiger partial charge in [-0.15, -0.1) is 0 Å². The van der Waals surface area contributed by atoms with E-state index in [-0.39, 0.29) is 0 Å². The fourth-order valence-electron chi connectivity index (χ4n) is 1.66. The predicted molar refractivity (Wildman–Crippen MR) is 71.8 cm³/mol. The van der Waals surface area contributed by atoms with E-state index in [0.717, 1.165) is 21.7 Å². The van der Waals surface area contributed by atoms with Gasteiger partial charge in [-0.1, -0.05) is 34.1 Å². The van der Waals surface area contributed by atoms with E-state index in [4.69, 9.17) is 0 Å². The average Bonchev–Trinajstić information content (AvgIpc) is 3.14. The second-order valence-electron chi connectivity index (χ2n) is 4.16. The van der Waals surface area contributed by atoms with Crippen molar-refractivity contribution in [1.82, 2.24) is 9.97 Å². The van der Waals surface area contributed by atoms with Gasteiger partial charge in [-0.25, -0.2) is 9.97 Å². The molecule has 1 aliphatic carbocycles. The first-order chi connectivity index (χ1) is 8.33. The zero-order valence-electron chi connectivity index (χ0n) is 9.23. The summed E-state index contributed by atoms with van der Waals surface area (Å²) in [6.07, 6.45) is 4.25. The lowest BCUT2D eigenvalue weighted by atomic mass is 10.1. The summed E-state index contributed by atoms with van der Waals surface area (Å²) >= 11 is 3.54. The second-order valence-corrected chi connectivity index (χ2v) is 5.02. The first kappa shape index (κ1) is 10.7. The highest BCUT2D eigenvalue weighted by atomic mass is 79.9. The Kier molecular flexibility index (Phi) is 2.81. The van der Waals surface area contributed by atoms with E-state index in [1.54, 1.807) is 6.20 Å². The van der Waals surface area contributed by atoms with E-state index >= 15 is 0 Å². The highest BCUT2D eigenvalue weighted by Gasteiger charge is 2.21. The molecule has 0 amide bonds. The molecule has 0 saturated heterocycles. The Labute approximate surface area is 108 Å². The molecule has 1 N–H and O–H groups in total. The minimum atomic E-state index is 0.574. The van der Waals surface area contributed by atoms with Crippen molar-refractivity contribution in [3.05, 3.63) is 41.0 Å². The number of nitrogens with zero attached hydrogens (tertiary/aromatic N) is 2. The Morgan fingerprint density at radius 3 is 2.76 bits per heavy atom. The SMILES string of the molecule is Brc1ccccc1-c1ccnc(NC2CC2)n1. The van der Waals surface area contributed by atoms with Crippen LogP contribution in [0.5, 0.6) is 0 Å². The quantitative estimate of drug-likeness (QED) is 0.940. The molecule has 1 saturated carbocycles. The van der Waals surface area contributed by atoms with Gasteiger partial charge in [0.25, 0.3) is 0 Å². The summed E-state index contributed by atoms with van der Waals surface area (Å²) in [6.45, 7) is 0. The van der Waals surface area contributed by atoms with Crippen LogP contribution in [0.3, 0.4) is 0 Å². The Bertz CT molecular complexity index is 538. The highest BCUT2D eigenvalue weighted by Crippen LogP contribution is 2.28. The summed E-state index contributed by atoms with van der Waals surface area (Å²) < 4.78 is 1.05. The number of hydrogen-bond acceptors (Lipinski definition) is 3. The van der Waals surface area contributed by atoms with Crippen molar-refractivity contribution in [1.29, 1.82) is 0 Å². The zero-order chi connectivity index (χ0) is 11.7. The molecule has 1 fully saturated rings. The molecule has 17 heavy (non-hydrogen) atoms. The molecule has 3 rings (SSSR count). The molecule has 0 spiro atoms. The van der Waals surface area contributed by atoms with E-state index in [9.17, 15) is 0 Å². The lowest BCUT2D eigenvalue weighted by Crippen LogP contribution is -2.05. The maximum atomic E-state index is 4.53. The molecule has 0 radical (unpaired) electrons. The van der Waals surface area contributed by atoms with Crippen molar-refractivity contribution in [2.45, 2.75) is 18.9 Å². The molecule has 0 bridgehead atoms. The average molecular weight is 290 g/mol. The number of halogens is 1. The van der Waals surface area contributed by atoms with Crippen LogP contribution in [0.4, 0.5) is 5.95 Å². The van der Waals surface area contributed by atoms with E-state index in [0.29, 0.717) is 6.04 Å².